The van der Waals surface area contributed by atoms with E-state index in [1.165, 1.54) is 0 Å². The van der Waals surface area contributed by atoms with Crippen LogP contribution in [-0.2, 0) is 19.1 Å². The highest BCUT2D eigenvalue weighted by molar-refractivity contribution is 5.87. The topological polar surface area (TPSA) is 79.4 Å². The molecule has 2 atom stereocenters. The van der Waals surface area contributed by atoms with E-state index in [2.05, 4.69) is 6.92 Å². The van der Waals surface area contributed by atoms with Gasteiger partial charge in [0.2, 0.25) is 11.8 Å². The molecule has 1 saturated carbocycles. The lowest BCUT2D eigenvalue weighted by atomic mass is 9.84. The molecule has 8 nitrogen and oxygen atoms in total. The van der Waals surface area contributed by atoms with E-state index in [1.54, 1.807) is 9.80 Å². The van der Waals surface area contributed by atoms with Gasteiger partial charge in [-0.15, -0.1) is 0 Å². The number of carbonyl (C=O) groups is 3. The summed E-state index contributed by atoms with van der Waals surface area (Å²) in [5, 5.41) is 0. The van der Waals surface area contributed by atoms with E-state index in [-0.39, 0.29) is 23.9 Å². The molecule has 3 fully saturated rings. The molecule has 0 unspecified atom stereocenters. The number of likely N-dealkylation sites (tertiary alicyclic amines) is 1. The van der Waals surface area contributed by atoms with E-state index >= 15 is 0 Å². The third kappa shape index (κ3) is 6.43. The van der Waals surface area contributed by atoms with Crippen LogP contribution in [-0.4, -0.2) is 89.2 Å². The van der Waals surface area contributed by atoms with E-state index in [9.17, 15) is 14.4 Å². The summed E-state index contributed by atoms with van der Waals surface area (Å²) in [6.07, 6.45) is 4.08. The van der Waals surface area contributed by atoms with E-state index in [1.807, 2.05) is 46.4 Å². The zero-order valence-corrected chi connectivity index (χ0v) is 22.3. The molecule has 3 aliphatic rings. The van der Waals surface area contributed by atoms with Gasteiger partial charge in [0.15, 0.2) is 0 Å². The zero-order chi connectivity index (χ0) is 25.3. The van der Waals surface area contributed by atoms with E-state index in [0.29, 0.717) is 45.2 Å². The Balaban J connectivity index is 1.89. The summed E-state index contributed by atoms with van der Waals surface area (Å²) in [5.74, 6) is 0.693. The second-order valence-electron chi connectivity index (χ2n) is 12.4. The second-order valence-corrected chi connectivity index (χ2v) is 12.4. The van der Waals surface area contributed by atoms with Crippen molar-refractivity contribution in [3.8, 4) is 0 Å². The van der Waals surface area contributed by atoms with Crippen LogP contribution in [0.2, 0.25) is 0 Å². The standard InChI is InChI=1S/C26H45N3O5/c1-18-8-10-19(11-9-18)29(23(31)25(2,3)4)20-16-21(22(30)27-12-14-33-15-13-27)28(17-20)24(32)34-26(5,6)7/h18-21H,8-17H2,1-7H3/t18?,19?,20-,21-/m0/s1. The van der Waals surface area contributed by atoms with Crippen LogP contribution in [0.25, 0.3) is 0 Å². The zero-order valence-electron chi connectivity index (χ0n) is 22.3. The number of nitrogens with zero attached hydrogens (tertiary/aromatic N) is 3. The quantitative estimate of drug-likeness (QED) is 0.617. The first-order chi connectivity index (χ1) is 15.8. The highest BCUT2D eigenvalue weighted by Gasteiger charge is 2.48. The summed E-state index contributed by atoms with van der Waals surface area (Å²) < 4.78 is 11.1. The van der Waals surface area contributed by atoms with Gasteiger partial charge in [-0.3, -0.25) is 14.5 Å². The predicted octanol–water partition coefficient (Wildman–Crippen LogP) is 3.68. The number of hydrogen-bond acceptors (Lipinski definition) is 5. The van der Waals surface area contributed by atoms with Gasteiger partial charge in [0, 0.05) is 31.1 Å². The Morgan fingerprint density at radius 2 is 1.50 bits per heavy atom. The van der Waals surface area contributed by atoms with Crippen molar-refractivity contribution in [2.45, 2.75) is 104 Å². The van der Waals surface area contributed by atoms with Crippen molar-refractivity contribution in [2.24, 2.45) is 11.3 Å². The van der Waals surface area contributed by atoms with Crippen molar-refractivity contribution in [1.82, 2.24) is 14.7 Å². The lowest BCUT2D eigenvalue weighted by molar-refractivity contribution is -0.146. The van der Waals surface area contributed by atoms with Gasteiger partial charge >= 0.3 is 6.09 Å². The Hall–Kier alpha value is -1.83. The van der Waals surface area contributed by atoms with Gasteiger partial charge in [0.1, 0.15) is 11.6 Å². The average Bonchev–Trinajstić information content (AvgIpc) is 3.18. The molecular formula is C26H45N3O5. The molecule has 1 aliphatic carbocycles. The molecule has 2 saturated heterocycles. The maximum Gasteiger partial charge on any atom is 0.411 e. The third-order valence-electron chi connectivity index (χ3n) is 7.16. The van der Waals surface area contributed by atoms with Gasteiger partial charge < -0.3 is 19.3 Å². The Morgan fingerprint density at radius 3 is 2.03 bits per heavy atom. The highest BCUT2D eigenvalue weighted by atomic mass is 16.6. The molecule has 0 aromatic heterocycles. The van der Waals surface area contributed by atoms with Crippen molar-refractivity contribution in [3.05, 3.63) is 0 Å². The van der Waals surface area contributed by atoms with Gasteiger partial charge in [-0.2, -0.15) is 0 Å². The normalized spacial score (nSPS) is 28.6. The summed E-state index contributed by atoms with van der Waals surface area (Å²) >= 11 is 0. The van der Waals surface area contributed by atoms with Gasteiger partial charge in [-0.25, -0.2) is 4.79 Å². The molecule has 0 N–H and O–H groups in total. The van der Waals surface area contributed by atoms with Crippen molar-refractivity contribution < 1.29 is 23.9 Å². The first-order valence-electron chi connectivity index (χ1n) is 13.0. The molecule has 0 aromatic rings. The number of carbonyl (C=O) groups excluding carboxylic acids is 3. The van der Waals surface area contributed by atoms with Crippen molar-refractivity contribution in [1.29, 1.82) is 0 Å². The molecule has 2 heterocycles. The number of rotatable bonds is 3. The maximum atomic E-state index is 13.7. The molecule has 194 valence electrons. The van der Waals surface area contributed by atoms with Crippen LogP contribution in [0.1, 0.15) is 80.6 Å². The molecule has 0 radical (unpaired) electrons. The van der Waals surface area contributed by atoms with E-state index in [4.69, 9.17) is 9.47 Å². The summed E-state index contributed by atoms with van der Waals surface area (Å²) in [6.45, 7) is 16.0. The highest BCUT2D eigenvalue weighted by Crippen LogP contribution is 2.35. The van der Waals surface area contributed by atoms with Gasteiger partial charge in [-0.05, 0) is 58.8 Å². The number of ether oxygens (including phenoxy) is 2. The van der Waals surface area contributed by atoms with Crippen molar-refractivity contribution in [3.63, 3.8) is 0 Å². The minimum absolute atomic E-state index is 0.0721. The average molecular weight is 480 g/mol. The smallest absolute Gasteiger partial charge is 0.411 e. The Bertz CT molecular complexity index is 743. The molecule has 8 heteroatoms. The fourth-order valence-corrected chi connectivity index (χ4v) is 5.30. The SMILES string of the molecule is CC1CCC(N(C(=O)C(C)(C)C)[C@H]2C[C@@H](C(=O)N3CCOCC3)N(C(=O)OC(C)(C)C)C2)CC1. The van der Waals surface area contributed by atoms with Gasteiger partial charge in [-0.1, -0.05) is 27.7 Å². The number of amides is 3. The molecule has 2 aliphatic heterocycles. The van der Waals surface area contributed by atoms with Crippen molar-refractivity contribution >= 4 is 17.9 Å². The monoisotopic (exact) mass is 479 g/mol. The molecule has 3 amide bonds. The van der Waals surface area contributed by atoms with Crippen LogP contribution in [0, 0.1) is 11.3 Å². The summed E-state index contributed by atoms with van der Waals surface area (Å²) in [5.41, 5.74) is -1.20. The van der Waals surface area contributed by atoms with Crippen LogP contribution in [0.15, 0.2) is 0 Å². The largest absolute Gasteiger partial charge is 0.444 e. The first kappa shape index (κ1) is 26.8. The van der Waals surface area contributed by atoms with Crippen LogP contribution in [0.5, 0.6) is 0 Å². The van der Waals surface area contributed by atoms with Crippen LogP contribution >= 0.6 is 0 Å². The molecular weight excluding hydrogens is 434 g/mol. The molecule has 34 heavy (non-hydrogen) atoms. The Kier molecular flexibility index (Phi) is 8.21. The van der Waals surface area contributed by atoms with Crippen LogP contribution in [0.3, 0.4) is 0 Å². The molecule has 3 rings (SSSR count). The molecule has 0 aromatic carbocycles. The van der Waals surface area contributed by atoms with E-state index < -0.39 is 23.2 Å². The van der Waals surface area contributed by atoms with Gasteiger partial charge in [0.25, 0.3) is 0 Å². The Morgan fingerprint density at radius 1 is 0.912 bits per heavy atom. The molecule has 0 bridgehead atoms. The van der Waals surface area contributed by atoms with Crippen molar-refractivity contribution in [2.75, 3.05) is 32.8 Å². The summed E-state index contributed by atoms with van der Waals surface area (Å²) in [7, 11) is 0. The first-order valence-corrected chi connectivity index (χ1v) is 13.0. The fraction of sp³-hybridized carbons (Fsp3) is 0.885. The predicted molar refractivity (Wildman–Crippen MR) is 130 cm³/mol. The van der Waals surface area contributed by atoms with E-state index in [0.717, 1.165) is 25.7 Å². The summed E-state index contributed by atoms with van der Waals surface area (Å²) in [6, 6.07) is -0.686. The van der Waals surface area contributed by atoms with Gasteiger partial charge in [0.05, 0.1) is 19.3 Å². The minimum atomic E-state index is -0.665. The van der Waals surface area contributed by atoms with Crippen LogP contribution < -0.4 is 0 Å². The maximum absolute atomic E-state index is 13.7. The van der Waals surface area contributed by atoms with Crippen LogP contribution in [0.4, 0.5) is 4.79 Å². The summed E-state index contributed by atoms with van der Waals surface area (Å²) in [4.78, 5) is 45.9. The Labute approximate surface area is 205 Å². The fourth-order valence-electron chi connectivity index (χ4n) is 5.30. The number of morpholine rings is 1. The number of hydrogen-bond donors (Lipinski definition) is 0. The minimum Gasteiger partial charge on any atom is -0.444 e. The lowest BCUT2D eigenvalue weighted by Crippen LogP contribution is -2.53. The molecule has 0 spiro atoms. The lowest BCUT2D eigenvalue weighted by Gasteiger charge is -2.42. The second kappa shape index (κ2) is 10.4. The third-order valence-corrected chi connectivity index (χ3v) is 7.16.